The fraction of sp³-hybridized carbons (Fsp3) is 0.263. The number of anilines is 2. The van der Waals surface area contributed by atoms with Crippen molar-refractivity contribution in [1.29, 1.82) is 0 Å². The number of sulfonamides is 1. The normalized spacial score (nSPS) is 11.2. The highest BCUT2D eigenvalue weighted by atomic mass is 32.2. The van der Waals surface area contributed by atoms with Gasteiger partial charge in [-0.3, -0.25) is 4.79 Å². The van der Waals surface area contributed by atoms with E-state index in [1.54, 1.807) is 18.2 Å². The molecule has 8 nitrogen and oxygen atoms in total. The second kappa shape index (κ2) is 8.85. The van der Waals surface area contributed by atoms with Crippen molar-refractivity contribution in [2.24, 2.45) is 0 Å². The number of nitrogens with zero attached hydrogens (tertiary/aromatic N) is 2. The first kappa shape index (κ1) is 21.4. The number of hydrogen-bond donors (Lipinski definition) is 1. The number of carbonyl (C=O) groups is 2. The molecule has 0 saturated heterocycles. The lowest BCUT2D eigenvalue weighted by molar-refractivity contribution is -0.119. The third-order valence-electron chi connectivity index (χ3n) is 3.85. The van der Waals surface area contributed by atoms with E-state index in [0.29, 0.717) is 11.3 Å². The van der Waals surface area contributed by atoms with Gasteiger partial charge in [0, 0.05) is 39.6 Å². The Hall–Kier alpha value is -2.91. The van der Waals surface area contributed by atoms with Crippen LogP contribution < -0.4 is 10.2 Å². The van der Waals surface area contributed by atoms with Gasteiger partial charge in [0.2, 0.25) is 10.0 Å². The summed E-state index contributed by atoms with van der Waals surface area (Å²) in [5.41, 5.74) is 1.58. The summed E-state index contributed by atoms with van der Waals surface area (Å²) in [4.78, 5) is 26.1. The predicted molar refractivity (Wildman–Crippen MR) is 107 cm³/mol. The van der Waals surface area contributed by atoms with Gasteiger partial charge in [-0.2, -0.15) is 0 Å². The van der Waals surface area contributed by atoms with Crippen molar-refractivity contribution in [3.05, 3.63) is 54.1 Å². The molecule has 0 saturated carbocycles. The average Bonchev–Trinajstić information content (AvgIpc) is 2.66. The quantitative estimate of drug-likeness (QED) is 0.706. The van der Waals surface area contributed by atoms with E-state index in [1.165, 1.54) is 38.4 Å². The summed E-state index contributed by atoms with van der Waals surface area (Å²) in [7, 11) is 3.05. The van der Waals surface area contributed by atoms with Crippen molar-refractivity contribution >= 4 is 33.3 Å². The second-order valence-electron chi connectivity index (χ2n) is 6.38. The van der Waals surface area contributed by atoms with Crippen LogP contribution in [0.5, 0.6) is 0 Å². The topological polar surface area (TPSA) is 96.0 Å². The molecule has 0 spiro atoms. The zero-order chi connectivity index (χ0) is 20.9. The van der Waals surface area contributed by atoms with Crippen LogP contribution in [-0.4, -0.2) is 59.4 Å². The summed E-state index contributed by atoms with van der Waals surface area (Å²) >= 11 is 0. The van der Waals surface area contributed by atoms with E-state index in [4.69, 9.17) is 4.74 Å². The van der Waals surface area contributed by atoms with Gasteiger partial charge in [0.25, 0.3) is 5.91 Å². The minimum Gasteiger partial charge on any atom is -0.452 e. The maximum atomic E-state index is 12.1. The molecule has 1 amide bonds. The number of hydrogen-bond acceptors (Lipinski definition) is 6. The number of rotatable bonds is 7. The molecule has 1 N–H and O–H groups in total. The van der Waals surface area contributed by atoms with E-state index in [0.717, 1.165) is 9.99 Å². The molecule has 2 rings (SSSR count). The number of nitrogens with one attached hydrogen (secondary N) is 1. The third kappa shape index (κ3) is 5.30. The zero-order valence-electron chi connectivity index (χ0n) is 16.2. The number of amides is 1. The summed E-state index contributed by atoms with van der Waals surface area (Å²) in [5, 5.41) is 2.55. The molecule has 150 valence electrons. The molecule has 0 atom stereocenters. The van der Waals surface area contributed by atoms with Gasteiger partial charge in [0.15, 0.2) is 6.61 Å². The van der Waals surface area contributed by atoms with Crippen LogP contribution in [-0.2, 0) is 19.6 Å². The highest BCUT2D eigenvalue weighted by Gasteiger charge is 2.17. The Labute approximate surface area is 164 Å². The Morgan fingerprint density at radius 3 is 2.21 bits per heavy atom. The maximum absolute atomic E-state index is 12.1. The molecule has 0 bridgehead atoms. The lowest BCUT2D eigenvalue weighted by Gasteiger charge is -2.13. The van der Waals surface area contributed by atoms with Crippen LogP contribution in [0.15, 0.2) is 53.4 Å². The van der Waals surface area contributed by atoms with Crippen LogP contribution in [0.25, 0.3) is 0 Å². The second-order valence-corrected chi connectivity index (χ2v) is 8.53. The van der Waals surface area contributed by atoms with E-state index in [1.807, 2.05) is 25.1 Å². The molecule has 0 aliphatic heterocycles. The van der Waals surface area contributed by atoms with E-state index >= 15 is 0 Å². The van der Waals surface area contributed by atoms with E-state index in [9.17, 15) is 18.0 Å². The Kier molecular flexibility index (Phi) is 6.76. The summed E-state index contributed by atoms with van der Waals surface area (Å²) in [6.07, 6.45) is 0. The van der Waals surface area contributed by atoms with Crippen LogP contribution in [0.1, 0.15) is 10.4 Å². The molecular weight excluding hydrogens is 382 g/mol. The first-order valence-electron chi connectivity index (χ1n) is 8.38. The minimum absolute atomic E-state index is 0.114. The average molecular weight is 405 g/mol. The van der Waals surface area contributed by atoms with Gasteiger partial charge in [-0.15, -0.1) is 0 Å². The van der Waals surface area contributed by atoms with Crippen molar-refractivity contribution in [2.75, 3.05) is 45.0 Å². The lowest BCUT2D eigenvalue weighted by Crippen LogP contribution is -2.22. The Morgan fingerprint density at radius 2 is 1.64 bits per heavy atom. The first-order valence-corrected chi connectivity index (χ1v) is 9.82. The highest BCUT2D eigenvalue weighted by Crippen LogP contribution is 2.17. The van der Waals surface area contributed by atoms with Gasteiger partial charge in [-0.25, -0.2) is 17.5 Å². The summed E-state index contributed by atoms with van der Waals surface area (Å²) in [5.74, 6) is -1.13. The smallest absolute Gasteiger partial charge is 0.338 e. The van der Waals surface area contributed by atoms with E-state index < -0.39 is 28.5 Å². The number of carbonyl (C=O) groups excluding carboxylic acids is 2. The third-order valence-corrected chi connectivity index (χ3v) is 5.68. The summed E-state index contributed by atoms with van der Waals surface area (Å²) < 4.78 is 30.2. The molecule has 9 heteroatoms. The Bertz CT molecular complexity index is 954. The Balaban J connectivity index is 1.94. The molecular formula is C19H23N3O5S. The van der Waals surface area contributed by atoms with Crippen LogP contribution in [0.2, 0.25) is 0 Å². The molecule has 0 aliphatic carbocycles. The number of esters is 1. The molecule has 0 fully saturated rings. The summed E-state index contributed by atoms with van der Waals surface area (Å²) in [6.45, 7) is -0.456. The van der Waals surface area contributed by atoms with Gasteiger partial charge in [0.05, 0.1) is 10.5 Å². The van der Waals surface area contributed by atoms with Gasteiger partial charge in [-0.1, -0.05) is 6.07 Å². The van der Waals surface area contributed by atoms with Crippen molar-refractivity contribution < 1.29 is 22.7 Å². The van der Waals surface area contributed by atoms with Crippen molar-refractivity contribution in [3.8, 4) is 0 Å². The molecule has 28 heavy (non-hydrogen) atoms. The van der Waals surface area contributed by atoms with Crippen molar-refractivity contribution in [2.45, 2.75) is 4.90 Å². The molecule has 0 heterocycles. The van der Waals surface area contributed by atoms with Gasteiger partial charge in [-0.05, 0) is 42.5 Å². The maximum Gasteiger partial charge on any atom is 0.338 e. The molecule has 0 aromatic heterocycles. The monoisotopic (exact) mass is 405 g/mol. The van der Waals surface area contributed by atoms with E-state index in [-0.39, 0.29) is 4.90 Å². The molecule has 2 aromatic carbocycles. The lowest BCUT2D eigenvalue weighted by atomic mass is 10.2. The van der Waals surface area contributed by atoms with Crippen molar-refractivity contribution in [3.63, 3.8) is 0 Å². The fourth-order valence-electron chi connectivity index (χ4n) is 2.24. The minimum atomic E-state index is -3.54. The van der Waals surface area contributed by atoms with Gasteiger partial charge < -0.3 is 15.0 Å². The number of ether oxygens (including phenoxy) is 1. The van der Waals surface area contributed by atoms with E-state index in [2.05, 4.69) is 5.32 Å². The summed E-state index contributed by atoms with van der Waals surface area (Å²) in [6, 6.07) is 12.6. The van der Waals surface area contributed by atoms with Crippen LogP contribution in [0.3, 0.4) is 0 Å². The van der Waals surface area contributed by atoms with Crippen LogP contribution in [0, 0.1) is 0 Å². The van der Waals surface area contributed by atoms with Gasteiger partial charge >= 0.3 is 5.97 Å². The van der Waals surface area contributed by atoms with Crippen LogP contribution in [0.4, 0.5) is 11.4 Å². The largest absolute Gasteiger partial charge is 0.452 e. The molecule has 0 aliphatic rings. The number of benzene rings is 2. The molecule has 0 radical (unpaired) electrons. The predicted octanol–water partition coefficient (Wildman–Crippen LogP) is 1.80. The zero-order valence-corrected chi connectivity index (χ0v) is 17.0. The van der Waals surface area contributed by atoms with Gasteiger partial charge in [0.1, 0.15) is 0 Å². The van der Waals surface area contributed by atoms with Crippen molar-refractivity contribution in [1.82, 2.24) is 4.31 Å². The highest BCUT2D eigenvalue weighted by molar-refractivity contribution is 7.89. The Morgan fingerprint density at radius 1 is 1.00 bits per heavy atom. The first-order chi connectivity index (χ1) is 13.1. The van der Waals surface area contributed by atoms with Crippen LogP contribution >= 0.6 is 0 Å². The standard InChI is InChI=1S/C19H23N3O5S/c1-21(2)16-7-5-6-14(12-16)19(24)27-13-18(23)20-15-8-10-17(11-9-15)28(25,26)22(3)4/h5-12H,13H2,1-4H3,(H,20,23). The fourth-order valence-corrected chi connectivity index (χ4v) is 3.15. The molecule has 0 unspecified atom stereocenters. The SMILES string of the molecule is CN(C)c1cccc(C(=O)OCC(=O)Nc2ccc(S(=O)(=O)N(C)C)cc2)c1. The molecule has 2 aromatic rings.